The van der Waals surface area contributed by atoms with Crippen molar-refractivity contribution in [3.8, 4) is 5.75 Å². The van der Waals surface area contributed by atoms with Crippen LogP contribution in [0.5, 0.6) is 5.75 Å². The number of methoxy groups -OCH3 is 1. The molecule has 0 radical (unpaired) electrons. The second kappa shape index (κ2) is 6.44. The highest BCUT2D eigenvalue weighted by Gasteiger charge is 2.17. The van der Waals surface area contributed by atoms with E-state index in [9.17, 15) is 4.39 Å². The number of hydrogen-bond acceptors (Lipinski definition) is 2. The molecule has 1 nitrogen and oxygen atoms in total. The monoisotopic (exact) mass is 340 g/mol. The fourth-order valence-corrected chi connectivity index (χ4v) is 3.44. The van der Waals surface area contributed by atoms with Crippen molar-refractivity contribution >= 4 is 27.7 Å². The zero-order valence-corrected chi connectivity index (χ0v) is 13.1. The second-order valence-electron chi connectivity index (χ2n) is 3.99. The summed E-state index contributed by atoms with van der Waals surface area (Å²) in [6.07, 6.45) is 2.02. The summed E-state index contributed by atoms with van der Waals surface area (Å²) in [7, 11) is 1.53. The summed E-state index contributed by atoms with van der Waals surface area (Å²) in [6.45, 7) is 0. The van der Waals surface area contributed by atoms with E-state index in [0.717, 1.165) is 10.5 Å². The topological polar surface area (TPSA) is 9.23 Å². The minimum Gasteiger partial charge on any atom is -0.497 e. The first kappa shape index (κ1) is 14.4. The molecule has 0 aliphatic carbocycles. The highest BCUT2D eigenvalue weighted by Crippen LogP contribution is 2.38. The average Bonchev–Trinajstić information content (AvgIpc) is 2.46. The molecular weight excluding hydrogens is 327 g/mol. The summed E-state index contributed by atoms with van der Waals surface area (Å²) in [5.41, 5.74) is 1.68. The van der Waals surface area contributed by atoms with Gasteiger partial charge in [-0.15, -0.1) is 11.8 Å². The first-order chi connectivity index (χ1) is 9.17. The molecule has 0 saturated heterocycles. The Labute approximate surface area is 125 Å². The number of ether oxygens (including phenoxy) is 1. The zero-order valence-electron chi connectivity index (χ0n) is 10.7. The average molecular weight is 341 g/mol. The van der Waals surface area contributed by atoms with Gasteiger partial charge in [-0.2, -0.15) is 0 Å². The molecule has 1 unspecified atom stereocenters. The van der Waals surface area contributed by atoms with Crippen LogP contribution >= 0.6 is 27.7 Å². The van der Waals surface area contributed by atoms with Crippen LogP contribution in [0.3, 0.4) is 0 Å². The molecule has 0 heterocycles. The molecule has 0 saturated carbocycles. The molecule has 0 aromatic heterocycles. The first-order valence-corrected chi connectivity index (χ1v) is 7.92. The Morgan fingerprint density at radius 1 is 1.16 bits per heavy atom. The summed E-state index contributed by atoms with van der Waals surface area (Å²) < 4.78 is 19.1. The third-order valence-corrected chi connectivity index (χ3v) is 4.69. The SMILES string of the molecule is COc1ccc(C(Br)c2ccccc2SC)c(F)c1. The number of halogens is 2. The Kier molecular flexibility index (Phi) is 4.88. The molecule has 0 N–H and O–H groups in total. The maximum absolute atomic E-state index is 14.1. The van der Waals surface area contributed by atoms with E-state index in [1.165, 1.54) is 13.2 Å². The molecule has 0 aliphatic heterocycles. The van der Waals surface area contributed by atoms with Crippen LogP contribution in [0.4, 0.5) is 4.39 Å². The van der Waals surface area contributed by atoms with E-state index in [1.807, 2.05) is 30.5 Å². The normalized spacial score (nSPS) is 12.2. The van der Waals surface area contributed by atoms with E-state index >= 15 is 0 Å². The Balaban J connectivity index is 2.41. The van der Waals surface area contributed by atoms with Gasteiger partial charge in [-0.3, -0.25) is 0 Å². The Hall–Kier alpha value is -1.00. The molecule has 0 spiro atoms. The number of thioether (sulfide) groups is 1. The predicted octanol–water partition coefficient (Wildman–Crippen LogP) is 5.04. The lowest BCUT2D eigenvalue weighted by molar-refractivity contribution is 0.411. The van der Waals surface area contributed by atoms with E-state index in [2.05, 4.69) is 15.9 Å². The minimum absolute atomic E-state index is 0.165. The molecule has 100 valence electrons. The van der Waals surface area contributed by atoms with Crippen molar-refractivity contribution in [2.45, 2.75) is 9.72 Å². The van der Waals surface area contributed by atoms with Gasteiger partial charge >= 0.3 is 0 Å². The standard InChI is InChI=1S/C15H14BrFOS/c1-18-10-7-8-11(13(17)9-10)15(16)12-5-3-4-6-14(12)19-2/h3-9,15H,1-2H3. The Morgan fingerprint density at radius 3 is 2.53 bits per heavy atom. The molecule has 2 rings (SSSR count). The molecule has 0 aliphatic rings. The summed E-state index contributed by atoms with van der Waals surface area (Å²) in [4.78, 5) is 0.974. The third kappa shape index (κ3) is 3.12. The molecule has 0 amide bonds. The van der Waals surface area contributed by atoms with Crippen molar-refractivity contribution in [2.24, 2.45) is 0 Å². The molecule has 2 aromatic rings. The van der Waals surface area contributed by atoms with Gasteiger partial charge in [0.2, 0.25) is 0 Å². The molecule has 4 heteroatoms. The molecule has 1 atom stereocenters. The fraction of sp³-hybridized carbons (Fsp3) is 0.200. The maximum Gasteiger partial charge on any atom is 0.131 e. The van der Waals surface area contributed by atoms with Gasteiger partial charge < -0.3 is 4.74 Å². The third-order valence-electron chi connectivity index (χ3n) is 2.89. The lowest BCUT2D eigenvalue weighted by Gasteiger charge is -2.15. The number of hydrogen-bond donors (Lipinski definition) is 0. The van der Waals surface area contributed by atoms with Crippen LogP contribution in [0.2, 0.25) is 0 Å². The lowest BCUT2D eigenvalue weighted by atomic mass is 10.0. The van der Waals surface area contributed by atoms with Gasteiger partial charge in [0, 0.05) is 16.5 Å². The van der Waals surface area contributed by atoms with Gasteiger partial charge in [0.15, 0.2) is 0 Å². The van der Waals surface area contributed by atoms with Crippen molar-refractivity contribution in [3.05, 3.63) is 59.4 Å². The molecule has 19 heavy (non-hydrogen) atoms. The highest BCUT2D eigenvalue weighted by molar-refractivity contribution is 9.09. The first-order valence-electron chi connectivity index (χ1n) is 5.77. The van der Waals surface area contributed by atoms with Gasteiger partial charge in [0.25, 0.3) is 0 Å². The number of alkyl halides is 1. The van der Waals surface area contributed by atoms with Crippen molar-refractivity contribution < 1.29 is 9.13 Å². The van der Waals surface area contributed by atoms with Crippen molar-refractivity contribution in [3.63, 3.8) is 0 Å². The largest absolute Gasteiger partial charge is 0.497 e. The van der Waals surface area contributed by atoms with E-state index in [-0.39, 0.29) is 10.6 Å². The number of rotatable bonds is 4. The van der Waals surface area contributed by atoms with Crippen molar-refractivity contribution in [2.75, 3.05) is 13.4 Å². The summed E-state index contributed by atoms with van der Waals surface area (Å²) in [6, 6.07) is 12.9. The van der Waals surface area contributed by atoms with Gasteiger partial charge in [0.05, 0.1) is 11.9 Å². The van der Waals surface area contributed by atoms with Gasteiger partial charge in [0.1, 0.15) is 11.6 Å². The minimum atomic E-state index is -0.267. The zero-order chi connectivity index (χ0) is 13.8. The highest BCUT2D eigenvalue weighted by atomic mass is 79.9. The van der Waals surface area contributed by atoms with E-state index in [1.54, 1.807) is 23.9 Å². The van der Waals surface area contributed by atoms with E-state index < -0.39 is 0 Å². The Morgan fingerprint density at radius 2 is 1.89 bits per heavy atom. The van der Waals surface area contributed by atoms with E-state index in [4.69, 9.17) is 4.74 Å². The smallest absolute Gasteiger partial charge is 0.131 e. The number of benzene rings is 2. The van der Waals surface area contributed by atoms with Gasteiger partial charge in [-0.25, -0.2) is 4.39 Å². The molecule has 0 bridgehead atoms. The van der Waals surface area contributed by atoms with Crippen LogP contribution in [0.25, 0.3) is 0 Å². The molecule has 0 fully saturated rings. The summed E-state index contributed by atoms with van der Waals surface area (Å²) in [5.74, 6) is 0.260. The van der Waals surface area contributed by atoms with Crippen molar-refractivity contribution in [1.29, 1.82) is 0 Å². The van der Waals surface area contributed by atoms with Crippen molar-refractivity contribution in [1.82, 2.24) is 0 Å². The quantitative estimate of drug-likeness (QED) is 0.569. The molecule has 2 aromatic carbocycles. The van der Waals surface area contributed by atoms with Crippen LogP contribution < -0.4 is 4.74 Å². The van der Waals surface area contributed by atoms with E-state index in [0.29, 0.717) is 11.3 Å². The fourth-order valence-electron chi connectivity index (χ4n) is 1.88. The second-order valence-corrected chi connectivity index (χ2v) is 5.76. The summed E-state index contributed by atoms with van der Waals surface area (Å²) in [5, 5.41) is 0. The predicted molar refractivity (Wildman–Crippen MR) is 81.9 cm³/mol. The van der Waals surface area contributed by atoms with Crippen LogP contribution in [0.1, 0.15) is 16.0 Å². The summed E-state index contributed by atoms with van der Waals surface area (Å²) >= 11 is 5.24. The van der Waals surface area contributed by atoms with Gasteiger partial charge in [-0.05, 0) is 24.0 Å². The van der Waals surface area contributed by atoms with Crippen LogP contribution in [0.15, 0.2) is 47.4 Å². The van der Waals surface area contributed by atoms with Crippen LogP contribution in [-0.2, 0) is 0 Å². The molecular formula is C15H14BrFOS. The van der Waals surface area contributed by atoms with Crippen LogP contribution in [-0.4, -0.2) is 13.4 Å². The lowest BCUT2D eigenvalue weighted by Crippen LogP contribution is -1.99. The Bertz CT molecular complexity index is 574. The van der Waals surface area contributed by atoms with Gasteiger partial charge in [-0.1, -0.05) is 40.2 Å². The van der Waals surface area contributed by atoms with Crippen LogP contribution in [0, 0.1) is 5.82 Å². The maximum atomic E-state index is 14.1.